The van der Waals surface area contributed by atoms with E-state index in [1.165, 1.54) is 6.42 Å². The fraction of sp³-hybridized carbons (Fsp3) is 0.643. The number of nitrogens with zero attached hydrogens (tertiary/aromatic N) is 3. The molecule has 1 aliphatic rings. The summed E-state index contributed by atoms with van der Waals surface area (Å²) in [5.74, 6) is 1.43. The minimum atomic E-state index is 0.00167. The van der Waals surface area contributed by atoms with Crippen molar-refractivity contribution >= 4 is 11.7 Å². The van der Waals surface area contributed by atoms with Gasteiger partial charge < -0.3 is 10.2 Å². The first-order valence-electron chi connectivity index (χ1n) is 7.09. The van der Waals surface area contributed by atoms with Crippen molar-refractivity contribution in [3.63, 3.8) is 0 Å². The summed E-state index contributed by atoms with van der Waals surface area (Å²) in [7, 11) is 0. The minimum Gasteiger partial charge on any atom is -0.369 e. The Morgan fingerprint density at radius 2 is 2.11 bits per heavy atom. The second kappa shape index (κ2) is 6.50. The largest absolute Gasteiger partial charge is 0.369 e. The summed E-state index contributed by atoms with van der Waals surface area (Å²) in [6.07, 6.45) is 6.60. The van der Waals surface area contributed by atoms with Crippen molar-refractivity contribution in [3.05, 3.63) is 18.1 Å². The number of piperidine rings is 1. The molecule has 0 aliphatic carbocycles. The van der Waals surface area contributed by atoms with Crippen LogP contribution in [0, 0.1) is 5.92 Å². The molecular weight excluding hydrogens is 240 g/mol. The number of amides is 1. The van der Waals surface area contributed by atoms with Gasteiger partial charge in [0.1, 0.15) is 11.5 Å². The number of hydrogen-bond donors (Lipinski definition) is 1. The molecule has 0 saturated carbocycles. The Bertz CT molecular complexity index is 427. The Labute approximate surface area is 114 Å². The molecule has 5 heteroatoms. The van der Waals surface area contributed by atoms with Crippen LogP contribution in [0.25, 0.3) is 0 Å². The first kappa shape index (κ1) is 13.8. The van der Waals surface area contributed by atoms with Gasteiger partial charge in [-0.3, -0.25) is 9.78 Å². The van der Waals surface area contributed by atoms with Gasteiger partial charge in [0.2, 0.25) is 0 Å². The van der Waals surface area contributed by atoms with Crippen LogP contribution in [0.15, 0.2) is 12.4 Å². The molecule has 104 valence electrons. The maximum Gasteiger partial charge on any atom is 0.274 e. The molecule has 1 fully saturated rings. The Morgan fingerprint density at radius 3 is 2.74 bits per heavy atom. The molecule has 5 nitrogen and oxygen atoms in total. The molecule has 0 aromatic carbocycles. The quantitative estimate of drug-likeness (QED) is 0.903. The second-order valence-electron chi connectivity index (χ2n) is 4.96. The normalized spacial score (nSPS) is 16.4. The third-order valence-electron chi connectivity index (χ3n) is 3.69. The van der Waals surface area contributed by atoms with Gasteiger partial charge in [0.15, 0.2) is 0 Å². The molecule has 1 aliphatic heterocycles. The van der Waals surface area contributed by atoms with Gasteiger partial charge in [0, 0.05) is 19.6 Å². The molecule has 2 rings (SSSR count). The predicted molar refractivity (Wildman–Crippen MR) is 75.1 cm³/mol. The molecule has 19 heavy (non-hydrogen) atoms. The summed E-state index contributed by atoms with van der Waals surface area (Å²) in [6.45, 7) is 6.66. The van der Waals surface area contributed by atoms with E-state index in [2.05, 4.69) is 22.2 Å². The van der Waals surface area contributed by atoms with Crippen molar-refractivity contribution in [1.29, 1.82) is 0 Å². The van der Waals surface area contributed by atoms with E-state index in [4.69, 9.17) is 0 Å². The fourth-order valence-electron chi connectivity index (χ4n) is 2.44. The molecule has 0 bridgehead atoms. The van der Waals surface area contributed by atoms with Crippen LogP contribution >= 0.6 is 0 Å². The zero-order valence-electron chi connectivity index (χ0n) is 11.7. The molecule has 1 aromatic rings. The molecule has 1 N–H and O–H groups in total. The average Bonchev–Trinajstić information content (AvgIpc) is 2.47. The zero-order valence-corrected chi connectivity index (χ0v) is 11.7. The first-order valence-corrected chi connectivity index (χ1v) is 7.09. The minimum absolute atomic E-state index is 0.00167. The van der Waals surface area contributed by atoms with Gasteiger partial charge in [-0.2, -0.15) is 0 Å². The lowest BCUT2D eigenvalue weighted by Crippen LogP contribution is -2.38. The van der Waals surface area contributed by atoms with E-state index in [-0.39, 0.29) is 5.91 Å². The van der Waals surface area contributed by atoms with E-state index in [1.807, 2.05) is 11.8 Å². The molecule has 1 saturated heterocycles. The van der Waals surface area contributed by atoms with E-state index < -0.39 is 0 Å². The number of anilines is 1. The van der Waals surface area contributed by atoms with Crippen molar-refractivity contribution in [3.8, 4) is 0 Å². The lowest BCUT2D eigenvalue weighted by atomic mass is 9.94. The zero-order chi connectivity index (χ0) is 13.7. The lowest BCUT2D eigenvalue weighted by Gasteiger charge is -2.31. The molecule has 0 radical (unpaired) electrons. The summed E-state index contributed by atoms with van der Waals surface area (Å²) in [4.78, 5) is 22.6. The van der Waals surface area contributed by atoms with Crippen LogP contribution in [0.1, 0.15) is 43.6 Å². The lowest BCUT2D eigenvalue weighted by molar-refractivity contribution is 0.0682. The van der Waals surface area contributed by atoms with Crippen molar-refractivity contribution in [2.45, 2.75) is 33.1 Å². The van der Waals surface area contributed by atoms with E-state index in [0.29, 0.717) is 11.5 Å². The van der Waals surface area contributed by atoms with Crippen LogP contribution in [0.2, 0.25) is 0 Å². The number of likely N-dealkylation sites (tertiary alicyclic amines) is 1. The van der Waals surface area contributed by atoms with Crippen LogP contribution < -0.4 is 5.32 Å². The van der Waals surface area contributed by atoms with Crippen LogP contribution in [0.4, 0.5) is 5.82 Å². The van der Waals surface area contributed by atoms with Gasteiger partial charge in [-0.05, 0) is 25.7 Å². The van der Waals surface area contributed by atoms with Crippen LogP contribution in [-0.2, 0) is 0 Å². The van der Waals surface area contributed by atoms with Gasteiger partial charge in [-0.25, -0.2) is 4.98 Å². The van der Waals surface area contributed by atoms with Crippen molar-refractivity contribution in [2.24, 2.45) is 5.92 Å². The Balaban J connectivity index is 2.01. The van der Waals surface area contributed by atoms with Crippen LogP contribution in [-0.4, -0.2) is 40.4 Å². The highest BCUT2D eigenvalue weighted by atomic mass is 16.2. The summed E-state index contributed by atoms with van der Waals surface area (Å²) in [5, 5.41) is 3.08. The number of aromatic nitrogens is 2. The van der Waals surface area contributed by atoms with E-state index in [9.17, 15) is 4.79 Å². The fourth-order valence-corrected chi connectivity index (χ4v) is 2.44. The van der Waals surface area contributed by atoms with Gasteiger partial charge in [0.05, 0.1) is 12.4 Å². The highest BCUT2D eigenvalue weighted by Gasteiger charge is 2.23. The third kappa shape index (κ3) is 3.43. The molecule has 2 heterocycles. The van der Waals surface area contributed by atoms with E-state index >= 15 is 0 Å². The summed E-state index contributed by atoms with van der Waals surface area (Å²) >= 11 is 0. The first-order chi connectivity index (χ1) is 9.24. The number of carbonyl (C=O) groups is 1. The van der Waals surface area contributed by atoms with Crippen LogP contribution in [0.3, 0.4) is 0 Å². The Kier molecular flexibility index (Phi) is 4.71. The predicted octanol–water partition coefficient (Wildman–Crippen LogP) is 2.17. The van der Waals surface area contributed by atoms with E-state index in [1.54, 1.807) is 12.4 Å². The standard InChI is InChI=1S/C14H22N4O/c1-3-11-5-7-18(8-6-11)14(19)12-9-15-10-13(17-12)16-4-2/h9-11H,3-8H2,1-2H3,(H,16,17). The SMILES string of the molecule is CCNc1cncc(C(=O)N2CCC(CC)CC2)n1. The highest BCUT2D eigenvalue weighted by molar-refractivity contribution is 5.92. The maximum absolute atomic E-state index is 12.3. The average molecular weight is 262 g/mol. The molecular formula is C14H22N4O. The van der Waals surface area contributed by atoms with Crippen molar-refractivity contribution in [2.75, 3.05) is 25.0 Å². The smallest absolute Gasteiger partial charge is 0.274 e. The summed E-state index contributed by atoms with van der Waals surface area (Å²) < 4.78 is 0. The Morgan fingerprint density at radius 1 is 1.37 bits per heavy atom. The van der Waals surface area contributed by atoms with Gasteiger partial charge in [-0.1, -0.05) is 13.3 Å². The second-order valence-corrected chi connectivity index (χ2v) is 4.96. The summed E-state index contributed by atoms with van der Waals surface area (Å²) in [5.41, 5.74) is 0.438. The maximum atomic E-state index is 12.3. The van der Waals surface area contributed by atoms with Gasteiger partial charge in [-0.15, -0.1) is 0 Å². The Hall–Kier alpha value is -1.65. The van der Waals surface area contributed by atoms with Crippen molar-refractivity contribution in [1.82, 2.24) is 14.9 Å². The number of rotatable bonds is 4. The van der Waals surface area contributed by atoms with Crippen molar-refractivity contribution < 1.29 is 4.79 Å². The third-order valence-corrected chi connectivity index (χ3v) is 3.69. The topological polar surface area (TPSA) is 58.1 Å². The molecule has 0 unspecified atom stereocenters. The van der Waals surface area contributed by atoms with Crippen LogP contribution in [0.5, 0.6) is 0 Å². The molecule has 0 spiro atoms. The molecule has 1 amide bonds. The monoisotopic (exact) mass is 262 g/mol. The molecule has 0 atom stereocenters. The van der Waals surface area contributed by atoms with Gasteiger partial charge in [0.25, 0.3) is 5.91 Å². The van der Waals surface area contributed by atoms with Gasteiger partial charge >= 0.3 is 0 Å². The number of nitrogens with one attached hydrogen (secondary N) is 1. The number of hydrogen-bond acceptors (Lipinski definition) is 4. The van der Waals surface area contributed by atoms with E-state index in [0.717, 1.165) is 38.4 Å². The summed E-state index contributed by atoms with van der Waals surface area (Å²) in [6, 6.07) is 0. The highest BCUT2D eigenvalue weighted by Crippen LogP contribution is 2.21. The molecule has 1 aromatic heterocycles. The number of carbonyl (C=O) groups excluding carboxylic acids is 1.